The van der Waals surface area contributed by atoms with Gasteiger partial charge in [-0.05, 0) is 30.2 Å². The van der Waals surface area contributed by atoms with Gasteiger partial charge in [-0.15, -0.1) is 0 Å². The Labute approximate surface area is 125 Å². The van der Waals surface area contributed by atoms with Crippen LogP contribution in [0.25, 0.3) is 16.9 Å². The molecule has 0 amide bonds. The molecule has 2 heterocycles. The van der Waals surface area contributed by atoms with E-state index in [2.05, 4.69) is 61.9 Å². The van der Waals surface area contributed by atoms with Gasteiger partial charge >= 0.3 is 0 Å². The Hall–Kier alpha value is -2.42. The van der Waals surface area contributed by atoms with Crippen LogP contribution < -0.4 is 9.31 Å². The topological polar surface area (TPSA) is 20.9 Å². The summed E-state index contributed by atoms with van der Waals surface area (Å²) in [5.41, 5.74) is 7.21. The zero-order chi connectivity index (χ0) is 15.0. The molecule has 0 atom stereocenters. The summed E-state index contributed by atoms with van der Waals surface area (Å²) in [7, 11) is 1.93. The van der Waals surface area contributed by atoms with E-state index in [1.165, 1.54) is 28.1 Å². The quantitative estimate of drug-likeness (QED) is 0.661. The van der Waals surface area contributed by atoms with Crippen molar-refractivity contribution >= 4 is 0 Å². The first-order valence-electron chi connectivity index (χ1n) is 7.11. The monoisotopic (exact) mass is 280 g/mol. The van der Waals surface area contributed by atoms with Gasteiger partial charge in [-0.2, -0.15) is 4.57 Å². The lowest BCUT2D eigenvalue weighted by Gasteiger charge is -2.07. The summed E-state index contributed by atoms with van der Waals surface area (Å²) in [6, 6.07) is 12.7. The Morgan fingerprint density at radius 3 is 2.48 bits per heavy atom. The van der Waals surface area contributed by atoms with Crippen molar-refractivity contribution in [3.8, 4) is 16.9 Å². The summed E-state index contributed by atoms with van der Waals surface area (Å²) in [4.78, 5) is 0. The summed E-state index contributed by atoms with van der Waals surface area (Å²) >= 11 is 0. The Balaban J connectivity index is 2.27. The summed E-state index contributed by atoms with van der Waals surface area (Å²) in [5, 5.41) is 0. The van der Waals surface area contributed by atoms with Gasteiger partial charge in [0, 0.05) is 30.7 Å². The molecule has 0 radical (unpaired) electrons. The van der Waals surface area contributed by atoms with E-state index in [4.69, 9.17) is 4.52 Å². The molecule has 0 aliphatic rings. The Bertz CT molecular complexity index is 803. The van der Waals surface area contributed by atoms with Crippen molar-refractivity contribution in [2.24, 2.45) is 7.05 Å². The molecular weight excluding hydrogens is 260 g/mol. The van der Waals surface area contributed by atoms with Crippen LogP contribution in [0.1, 0.15) is 16.8 Å². The molecule has 1 aromatic carbocycles. The van der Waals surface area contributed by atoms with E-state index in [-0.39, 0.29) is 0 Å². The summed E-state index contributed by atoms with van der Waals surface area (Å²) in [6.45, 7) is 6.42. The molecule has 0 bridgehead atoms. The van der Waals surface area contributed by atoms with Crippen LogP contribution in [-0.2, 0) is 7.05 Å². The highest BCUT2D eigenvalue weighted by molar-refractivity contribution is 5.65. The smallest absolute Gasteiger partial charge is 0.244 e. The summed E-state index contributed by atoms with van der Waals surface area (Å²) in [6.07, 6.45) is 3.83. The van der Waals surface area contributed by atoms with Gasteiger partial charge in [-0.1, -0.05) is 6.07 Å². The third-order valence-corrected chi connectivity index (χ3v) is 3.91. The second-order valence-corrected chi connectivity index (χ2v) is 5.46. The van der Waals surface area contributed by atoms with Crippen LogP contribution in [0.15, 0.2) is 53.4 Å². The summed E-state index contributed by atoms with van der Waals surface area (Å²) in [5.74, 6) is 0. The minimum absolute atomic E-state index is 1.09. The average molecular weight is 280 g/mol. The van der Waals surface area contributed by atoms with Crippen molar-refractivity contribution in [3.63, 3.8) is 0 Å². The molecule has 0 saturated carbocycles. The normalized spacial score (nSPS) is 10.9. The largest absolute Gasteiger partial charge is 0.261 e. The first-order valence-corrected chi connectivity index (χ1v) is 7.11. The van der Waals surface area contributed by atoms with E-state index in [1.54, 1.807) is 11.0 Å². The Kier molecular flexibility index (Phi) is 3.34. The third-order valence-electron chi connectivity index (χ3n) is 3.91. The van der Waals surface area contributed by atoms with Crippen LogP contribution in [0.3, 0.4) is 0 Å². The Morgan fingerprint density at radius 2 is 1.81 bits per heavy atom. The van der Waals surface area contributed by atoms with Crippen molar-refractivity contribution in [1.29, 1.82) is 0 Å². The number of hydrogen-bond donors (Lipinski definition) is 0. The van der Waals surface area contributed by atoms with Gasteiger partial charge in [0.1, 0.15) is 0 Å². The van der Waals surface area contributed by atoms with Gasteiger partial charge in [-0.3, -0.25) is 0 Å². The highest BCUT2D eigenvalue weighted by Gasteiger charge is 2.22. The fourth-order valence-electron chi connectivity index (χ4n) is 2.76. The SMILES string of the molecule is Cc1cc(-c2cco[n+]2C)c(C)c(-[n+]2ccccc2C)c1. The lowest BCUT2D eigenvalue weighted by Crippen LogP contribution is -2.35. The van der Waals surface area contributed by atoms with Crippen molar-refractivity contribution in [2.45, 2.75) is 20.8 Å². The molecule has 3 heteroatoms. The number of aryl methyl sites for hydroxylation is 3. The van der Waals surface area contributed by atoms with Crippen molar-refractivity contribution < 1.29 is 13.8 Å². The molecule has 0 saturated heterocycles. The van der Waals surface area contributed by atoms with E-state index in [1.807, 2.05) is 13.1 Å². The third kappa shape index (κ3) is 2.35. The average Bonchev–Trinajstić information content (AvgIpc) is 2.88. The molecule has 21 heavy (non-hydrogen) atoms. The van der Waals surface area contributed by atoms with Crippen LogP contribution in [0.2, 0.25) is 0 Å². The molecule has 3 rings (SSSR count). The maximum absolute atomic E-state index is 5.39. The van der Waals surface area contributed by atoms with Crippen LogP contribution >= 0.6 is 0 Å². The molecule has 2 aromatic heterocycles. The highest BCUT2D eigenvalue weighted by Crippen LogP contribution is 2.25. The van der Waals surface area contributed by atoms with E-state index in [9.17, 15) is 0 Å². The molecule has 106 valence electrons. The zero-order valence-electron chi connectivity index (χ0n) is 12.9. The first-order chi connectivity index (χ1) is 10.1. The van der Waals surface area contributed by atoms with E-state index < -0.39 is 0 Å². The molecule has 0 spiro atoms. The minimum atomic E-state index is 1.09. The lowest BCUT2D eigenvalue weighted by atomic mass is 10.00. The van der Waals surface area contributed by atoms with Gasteiger partial charge in [0.15, 0.2) is 25.2 Å². The molecule has 3 aromatic rings. The van der Waals surface area contributed by atoms with Gasteiger partial charge in [0.05, 0.1) is 11.6 Å². The predicted octanol–water partition coefficient (Wildman–Crippen LogP) is 2.97. The maximum atomic E-state index is 5.39. The van der Waals surface area contributed by atoms with E-state index in [0.29, 0.717) is 0 Å². The molecule has 0 fully saturated rings. The molecule has 0 aliphatic heterocycles. The van der Waals surface area contributed by atoms with Gasteiger partial charge < -0.3 is 0 Å². The number of rotatable bonds is 2. The predicted molar refractivity (Wildman–Crippen MR) is 81.1 cm³/mol. The molecule has 0 aliphatic carbocycles. The number of nitrogens with zero attached hydrogens (tertiary/aromatic N) is 2. The second-order valence-electron chi connectivity index (χ2n) is 5.46. The number of pyridine rings is 1. The van der Waals surface area contributed by atoms with Crippen LogP contribution in [0.5, 0.6) is 0 Å². The fourth-order valence-corrected chi connectivity index (χ4v) is 2.76. The van der Waals surface area contributed by atoms with Crippen molar-refractivity contribution in [3.05, 3.63) is 65.7 Å². The fraction of sp³-hybridized carbons (Fsp3) is 0.222. The summed E-state index contributed by atoms with van der Waals surface area (Å²) < 4.78 is 9.42. The Morgan fingerprint density at radius 1 is 1.00 bits per heavy atom. The van der Waals surface area contributed by atoms with E-state index >= 15 is 0 Å². The molecule has 3 nitrogen and oxygen atoms in total. The minimum Gasteiger partial charge on any atom is -0.244 e. The van der Waals surface area contributed by atoms with E-state index in [0.717, 1.165) is 5.69 Å². The van der Waals surface area contributed by atoms with Gasteiger partial charge in [0.2, 0.25) is 5.69 Å². The lowest BCUT2D eigenvalue weighted by molar-refractivity contribution is -0.836. The van der Waals surface area contributed by atoms with Gasteiger partial charge in [0.25, 0.3) is 5.69 Å². The number of benzene rings is 1. The van der Waals surface area contributed by atoms with Crippen molar-refractivity contribution in [2.75, 3.05) is 0 Å². The zero-order valence-corrected chi connectivity index (χ0v) is 12.9. The number of aromatic nitrogens is 2. The molecule has 0 unspecified atom stereocenters. The maximum Gasteiger partial charge on any atom is 0.261 e. The molecule has 0 N–H and O–H groups in total. The van der Waals surface area contributed by atoms with Crippen molar-refractivity contribution in [1.82, 2.24) is 0 Å². The second kappa shape index (κ2) is 5.17. The highest BCUT2D eigenvalue weighted by atomic mass is 16.5. The van der Waals surface area contributed by atoms with Crippen LogP contribution in [-0.4, -0.2) is 0 Å². The molecular formula is C18H20N2O+2. The van der Waals surface area contributed by atoms with Gasteiger partial charge in [-0.25, -0.2) is 4.52 Å². The first kappa shape index (κ1) is 13.6. The van der Waals surface area contributed by atoms with Crippen LogP contribution in [0, 0.1) is 20.8 Å². The standard InChI is InChI=1S/C18H20N2O/c1-13-11-16(17-8-10-21-19(17)4)15(3)18(12-13)20-9-6-5-7-14(20)2/h5-12H,1-4H3/q+2. The van der Waals surface area contributed by atoms with Crippen LogP contribution in [0.4, 0.5) is 0 Å². The number of hydrogen-bond acceptors (Lipinski definition) is 1.